The van der Waals surface area contributed by atoms with Gasteiger partial charge in [-0.05, 0) is 0 Å². The van der Waals surface area contributed by atoms with E-state index in [1.54, 1.807) is 18.0 Å². The number of hydrogen-bond acceptors (Lipinski definition) is 5. The topological polar surface area (TPSA) is 62.8 Å². The first-order valence-electron chi connectivity index (χ1n) is 3.79. The maximum absolute atomic E-state index is 5.29. The fourth-order valence-electron chi connectivity index (χ4n) is 1.01. The van der Waals surface area contributed by atoms with E-state index in [1.165, 1.54) is 0 Å². The number of aromatic amines is 1. The highest BCUT2D eigenvalue weighted by molar-refractivity contribution is 7.99. The molecule has 1 aliphatic heterocycles. The number of hydrogen-bond donors (Lipinski definition) is 2. The highest BCUT2D eigenvalue weighted by Crippen LogP contribution is 2.19. The van der Waals surface area contributed by atoms with Crippen LogP contribution < -0.4 is 5.32 Å². The monoisotopic (exact) mass is 186 g/mol. The van der Waals surface area contributed by atoms with E-state index in [-0.39, 0.29) is 0 Å². The molecule has 1 aromatic heterocycles. The summed E-state index contributed by atoms with van der Waals surface area (Å²) in [5.41, 5.74) is 0. The van der Waals surface area contributed by atoms with Crippen LogP contribution >= 0.6 is 11.8 Å². The highest BCUT2D eigenvalue weighted by atomic mass is 32.2. The van der Waals surface area contributed by atoms with E-state index in [9.17, 15) is 0 Å². The quantitative estimate of drug-likeness (QED) is 0.672. The first kappa shape index (κ1) is 8.03. The molecular formula is C6H10N4OS. The normalized spacial score (nSPS) is 24.2. The molecule has 0 saturated carbocycles. The Morgan fingerprint density at radius 3 is 3.33 bits per heavy atom. The van der Waals surface area contributed by atoms with Crippen LogP contribution in [0.5, 0.6) is 0 Å². The van der Waals surface area contributed by atoms with Crippen molar-refractivity contribution in [3.05, 3.63) is 6.20 Å². The number of thioether (sulfide) groups is 1. The molecule has 0 spiro atoms. The number of H-pyrrole nitrogens is 1. The van der Waals surface area contributed by atoms with E-state index in [0.29, 0.717) is 5.37 Å². The van der Waals surface area contributed by atoms with Crippen molar-refractivity contribution < 1.29 is 4.74 Å². The molecular weight excluding hydrogens is 176 g/mol. The maximum Gasteiger partial charge on any atom is 0.140 e. The number of aromatic nitrogens is 3. The lowest BCUT2D eigenvalue weighted by Crippen LogP contribution is -2.38. The molecule has 2 heterocycles. The van der Waals surface area contributed by atoms with Gasteiger partial charge in [0.2, 0.25) is 0 Å². The Bertz CT molecular complexity index is 221. The molecule has 0 bridgehead atoms. The Kier molecular flexibility index (Phi) is 2.60. The van der Waals surface area contributed by atoms with Gasteiger partial charge in [-0.15, -0.1) is 5.10 Å². The summed E-state index contributed by atoms with van der Waals surface area (Å²) in [5.74, 6) is 0. The van der Waals surface area contributed by atoms with E-state index in [4.69, 9.17) is 4.74 Å². The lowest BCUT2D eigenvalue weighted by molar-refractivity contribution is 0.100. The lowest BCUT2D eigenvalue weighted by atomic mass is 10.5. The summed E-state index contributed by atoms with van der Waals surface area (Å²) >= 11 is 1.63. The van der Waals surface area contributed by atoms with Gasteiger partial charge in [0.05, 0.1) is 24.8 Å². The molecule has 1 aliphatic rings. The first-order chi connectivity index (χ1) is 5.95. The minimum Gasteiger partial charge on any atom is -0.378 e. The van der Waals surface area contributed by atoms with Crippen molar-refractivity contribution in [2.45, 2.75) is 10.4 Å². The number of nitrogens with one attached hydrogen (secondary N) is 2. The fraction of sp³-hybridized carbons (Fsp3) is 0.667. The number of morpholine rings is 1. The summed E-state index contributed by atoms with van der Waals surface area (Å²) in [6.45, 7) is 2.45. The van der Waals surface area contributed by atoms with Gasteiger partial charge in [-0.3, -0.25) is 5.10 Å². The van der Waals surface area contributed by atoms with Gasteiger partial charge in [-0.2, -0.15) is 0 Å². The molecule has 2 rings (SSSR count). The van der Waals surface area contributed by atoms with Crippen molar-refractivity contribution in [2.75, 3.05) is 19.8 Å². The molecule has 66 valence electrons. The van der Waals surface area contributed by atoms with Gasteiger partial charge in [0.1, 0.15) is 5.03 Å². The van der Waals surface area contributed by atoms with Gasteiger partial charge < -0.3 is 10.1 Å². The summed E-state index contributed by atoms with van der Waals surface area (Å²) in [6.07, 6.45) is 1.78. The smallest absolute Gasteiger partial charge is 0.140 e. The van der Waals surface area contributed by atoms with Crippen molar-refractivity contribution >= 4 is 11.8 Å². The second kappa shape index (κ2) is 3.88. The van der Waals surface area contributed by atoms with E-state index in [1.807, 2.05) is 0 Å². The van der Waals surface area contributed by atoms with Crippen LogP contribution in [0.1, 0.15) is 0 Å². The van der Waals surface area contributed by atoms with Crippen LogP contribution in [0.15, 0.2) is 11.2 Å². The lowest BCUT2D eigenvalue weighted by Gasteiger charge is -2.21. The highest BCUT2D eigenvalue weighted by Gasteiger charge is 2.14. The molecule has 0 radical (unpaired) electrons. The summed E-state index contributed by atoms with van der Waals surface area (Å²) in [6, 6.07) is 0. The van der Waals surface area contributed by atoms with Crippen molar-refractivity contribution in [1.82, 2.24) is 20.7 Å². The summed E-state index contributed by atoms with van der Waals surface area (Å²) in [7, 11) is 0. The molecule has 5 nitrogen and oxygen atoms in total. The number of rotatable bonds is 2. The van der Waals surface area contributed by atoms with Crippen molar-refractivity contribution in [3.8, 4) is 0 Å². The van der Waals surface area contributed by atoms with Gasteiger partial charge in [-0.1, -0.05) is 17.0 Å². The van der Waals surface area contributed by atoms with Crippen LogP contribution in [-0.4, -0.2) is 40.5 Å². The average Bonchev–Trinajstić information content (AvgIpc) is 2.59. The van der Waals surface area contributed by atoms with Crippen LogP contribution in [0.2, 0.25) is 0 Å². The molecule has 12 heavy (non-hydrogen) atoms. The van der Waals surface area contributed by atoms with Crippen LogP contribution in [0.25, 0.3) is 0 Å². The van der Waals surface area contributed by atoms with Crippen molar-refractivity contribution in [2.24, 2.45) is 0 Å². The van der Waals surface area contributed by atoms with Crippen molar-refractivity contribution in [3.63, 3.8) is 0 Å². The molecule has 0 aliphatic carbocycles. The zero-order chi connectivity index (χ0) is 8.23. The molecule has 0 amide bonds. The molecule has 1 aromatic rings. The molecule has 1 unspecified atom stereocenters. The Hall–Kier alpha value is -0.590. The Balaban J connectivity index is 1.86. The van der Waals surface area contributed by atoms with Gasteiger partial charge in [0, 0.05) is 6.54 Å². The SMILES string of the molecule is c1[nH]nnc1SC1COCCN1. The number of nitrogens with zero attached hydrogens (tertiary/aromatic N) is 2. The largest absolute Gasteiger partial charge is 0.378 e. The molecule has 1 saturated heterocycles. The molecule has 1 atom stereocenters. The predicted octanol–water partition coefficient (Wildman–Crippen LogP) is -0.157. The van der Waals surface area contributed by atoms with E-state index in [0.717, 1.165) is 24.8 Å². The summed E-state index contributed by atoms with van der Waals surface area (Å²) in [4.78, 5) is 0. The number of ether oxygens (including phenoxy) is 1. The van der Waals surface area contributed by atoms with E-state index in [2.05, 4.69) is 20.7 Å². The standard InChI is InChI=1S/C6H10N4OS/c1-2-11-4-6(7-1)12-5-3-8-10-9-5/h3,6-7H,1-2,4H2,(H,8,9,10). The minimum absolute atomic E-state index is 0.309. The Morgan fingerprint density at radius 2 is 2.67 bits per heavy atom. The van der Waals surface area contributed by atoms with Crippen LogP contribution in [0.4, 0.5) is 0 Å². The van der Waals surface area contributed by atoms with Crippen molar-refractivity contribution in [1.29, 1.82) is 0 Å². The van der Waals surface area contributed by atoms with E-state index < -0.39 is 0 Å². The summed E-state index contributed by atoms with van der Waals surface area (Å²) < 4.78 is 5.29. The second-order valence-electron chi connectivity index (χ2n) is 2.45. The zero-order valence-corrected chi connectivity index (χ0v) is 7.30. The molecule has 6 heteroatoms. The Morgan fingerprint density at radius 1 is 1.67 bits per heavy atom. The molecule has 2 N–H and O–H groups in total. The average molecular weight is 186 g/mol. The third-order valence-electron chi connectivity index (χ3n) is 1.54. The first-order valence-corrected chi connectivity index (χ1v) is 4.67. The van der Waals surface area contributed by atoms with Gasteiger partial charge in [0.25, 0.3) is 0 Å². The van der Waals surface area contributed by atoms with E-state index >= 15 is 0 Å². The Labute approximate surface area is 74.3 Å². The minimum atomic E-state index is 0.309. The molecule has 1 fully saturated rings. The van der Waals surface area contributed by atoms with Crippen LogP contribution in [0.3, 0.4) is 0 Å². The fourth-order valence-corrected chi connectivity index (χ4v) is 1.88. The third-order valence-corrected chi connectivity index (χ3v) is 2.57. The van der Waals surface area contributed by atoms with Gasteiger partial charge in [0.15, 0.2) is 0 Å². The third kappa shape index (κ3) is 1.96. The zero-order valence-electron chi connectivity index (χ0n) is 6.49. The van der Waals surface area contributed by atoms with Crippen LogP contribution in [-0.2, 0) is 4.74 Å². The molecule has 0 aromatic carbocycles. The van der Waals surface area contributed by atoms with Gasteiger partial charge >= 0.3 is 0 Å². The summed E-state index contributed by atoms with van der Waals surface area (Å²) in [5, 5.41) is 14.7. The van der Waals surface area contributed by atoms with Crippen LogP contribution in [0, 0.1) is 0 Å². The second-order valence-corrected chi connectivity index (χ2v) is 3.67. The van der Waals surface area contributed by atoms with Gasteiger partial charge in [-0.25, -0.2) is 0 Å². The maximum atomic E-state index is 5.29. The predicted molar refractivity (Wildman–Crippen MR) is 44.8 cm³/mol.